The van der Waals surface area contributed by atoms with Gasteiger partial charge < -0.3 is 19.1 Å². The molecule has 180 valence electrons. The molecule has 0 aromatic heterocycles. The van der Waals surface area contributed by atoms with E-state index in [0.717, 1.165) is 23.9 Å². The third-order valence-electron chi connectivity index (χ3n) is 6.06. The highest BCUT2D eigenvalue weighted by Crippen LogP contribution is 2.44. The van der Waals surface area contributed by atoms with Crippen molar-refractivity contribution in [3.05, 3.63) is 75.8 Å². The van der Waals surface area contributed by atoms with Crippen LogP contribution >= 0.6 is 11.6 Å². The lowest BCUT2D eigenvalue weighted by molar-refractivity contribution is -0.386. The average Bonchev–Trinajstić information content (AvgIpc) is 2.83. The molecule has 34 heavy (non-hydrogen) atoms. The van der Waals surface area contributed by atoms with Crippen molar-refractivity contribution >= 4 is 44.8 Å². The van der Waals surface area contributed by atoms with Crippen LogP contribution in [0.4, 0.5) is 11.4 Å². The minimum Gasteiger partial charge on any atom is -0.772 e. The van der Waals surface area contributed by atoms with Crippen molar-refractivity contribution < 1.29 is 18.4 Å². The molecule has 1 aliphatic rings. The molecule has 1 saturated heterocycles. The zero-order valence-corrected chi connectivity index (χ0v) is 20.3. The predicted octanol–water partition coefficient (Wildman–Crippen LogP) is 4.09. The van der Waals surface area contributed by atoms with Crippen molar-refractivity contribution in [3.8, 4) is 5.75 Å². The molecule has 4 rings (SSSR count). The van der Waals surface area contributed by atoms with Gasteiger partial charge in [0, 0.05) is 37.9 Å². The van der Waals surface area contributed by atoms with Crippen LogP contribution in [0.1, 0.15) is 16.4 Å². The van der Waals surface area contributed by atoms with E-state index in [0.29, 0.717) is 24.3 Å². The Bertz CT molecular complexity index is 1210. The molecular formula is C24H25ClN3O5S-. The summed E-state index contributed by atoms with van der Waals surface area (Å²) >= 11 is 3.11. The molecule has 0 spiro atoms. The van der Waals surface area contributed by atoms with Crippen LogP contribution in [0.15, 0.2) is 54.6 Å². The maximum absolute atomic E-state index is 12.7. The number of hydrogen-bond donors (Lipinski definition) is 0. The van der Waals surface area contributed by atoms with Crippen LogP contribution in [-0.4, -0.2) is 64.3 Å². The Morgan fingerprint density at radius 3 is 2.47 bits per heavy atom. The second-order valence-corrected chi connectivity index (χ2v) is 9.55. The van der Waals surface area contributed by atoms with Gasteiger partial charge in [-0.05, 0) is 40.5 Å². The first-order chi connectivity index (χ1) is 16.4. The molecule has 0 saturated carbocycles. The molecule has 2 unspecified atom stereocenters. The van der Waals surface area contributed by atoms with Crippen LogP contribution < -0.4 is 9.64 Å². The molecule has 1 aliphatic heterocycles. The summed E-state index contributed by atoms with van der Waals surface area (Å²) in [5.41, 5.74) is 0.892. The number of piperazine rings is 1. The SMILES string of the molecule is CN1CCN(c2cc(OCCCl)c([N+](=O)[O-])c(C(c3cccc4ccccc34)S(=O)[O-])c2)CC1. The first-order valence-electron chi connectivity index (χ1n) is 10.9. The molecule has 0 radical (unpaired) electrons. The highest BCUT2D eigenvalue weighted by molar-refractivity contribution is 7.79. The van der Waals surface area contributed by atoms with Crippen LogP contribution in [0.2, 0.25) is 0 Å². The summed E-state index contributed by atoms with van der Waals surface area (Å²) in [4.78, 5) is 15.9. The van der Waals surface area contributed by atoms with Gasteiger partial charge in [-0.15, -0.1) is 11.6 Å². The van der Waals surface area contributed by atoms with Gasteiger partial charge in [0.2, 0.25) is 0 Å². The molecule has 0 amide bonds. The normalized spacial score (nSPS) is 16.4. The maximum Gasteiger partial charge on any atom is 0.315 e. The van der Waals surface area contributed by atoms with Gasteiger partial charge >= 0.3 is 5.69 Å². The highest BCUT2D eigenvalue weighted by Gasteiger charge is 2.32. The third kappa shape index (κ3) is 5.02. The minimum atomic E-state index is -2.68. The van der Waals surface area contributed by atoms with Gasteiger partial charge in [-0.3, -0.25) is 14.3 Å². The summed E-state index contributed by atoms with van der Waals surface area (Å²) in [6, 6.07) is 16.0. The lowest BCUT2D eigenvalue weighted by Crippen LogP contribution is -2.44. The van der Waals surface area contributed by atoms with E-state index in [1.54, 1.807) is 24.3 Å². The molecule has 3 aromatic rings. The van der Waals surface area contributed by atoms with Gasteiger partial charge in [0.1, 0.15) is 6.61 Å². The maximum atomic E-state index is 12.7. The summed E-state index contributed by atoms with van der Waals surface area (Å²) in [6.45, 7) is 3.13. The monoisotopic (exact) mass is 502 g/mol. The molecule has 10 heteroatoms. The number of likely N-dealkylation sites (N-methyl/N-ethyl adjacent to an activating group) is 1. The number of ether oxygens (including phenoxy) is 1. The third-order valence-corrected chi connectivity index (χ3v) is 7.10. The fourth-order valence-corrected chi connectivity index (χ4v) is 5.25. The predicted molar refractivity (Wildman–Crippen MR) is 134 cm³/mol. The van der Waals surface area contributed by atoms with E-state index in [-0.39, 0.29) is 29.5 Å². The second-order valence-electron chi connectivity index (χ2n) is 8.18. The number of nitrogens with zero attached hydrogens (tertiary/aromatic N) is 3. The van der Waals surface area contributed by atoms with E-state index in [9.17, 15) is 18.9 Å². The van der Waals surface area contributed by atoms with Crippen molar-refractivity contribution in [2.45, 2.75) is 5.25 Å². The number of fused-ring (bicyclic) bond motifs is 1. The fraction of sp³-hybridized carbons (Fsp3) is 0.333. The Morgan fingerprint density at radius 2 is 1.79 bits per heavy atom. The Labute approximate surface area is 205 Å². The Balaban J connectivity index is 1.94. The highest BCUT2D eigenvalue weighted by atomic mass is 35.5. The zero-order chi connectivity index (χ0) is 24.2. The topological polar surface area (TPSA) is 99.0 Å². The number of rotatable bonds is 8. The smallest absolute Gasteiger partial charge is 0.315 e. The first-order valence-corrected chi connectivity index (χ1v) is 12.6. The minimum absolute atomic E-state index is 0.0211. The summed E-state index contributed by atoms with van der Waals surface area (Å²) in [5, 5.41) is 12.6. The summed E-state index contributed by atoms with van der Waals surface area (Å²) in [6.07, 6.45) is 0. The first kappa shape index (κ1) is 24.4. The summed E-state index contributed by atoms with van der Waals surface area (Å²) in [7, 11) is 2.03. The van der Waals surface area contributed by atoms with Crippen LogP contribution in [0, 0.1) is 10.1 Å². The average molecular weight is 503 g/mol. The van der Waals surface area contributed by atoms with E-state index in [2.05, 4.69) is 9.80 Å². The van der Waals surface area contributed by atoms with E-state index in [1.807, 2.05) is 37.4 Å². The Morgan fingerprint density at radius 1 is 1.09 bits per heavy atom. The van der Waals surface area contributed by atoms with Crippen molar-refractivity contribution in [1.29, 1.82) is 0 Å². The van der Waals surface area contributed by atoms with E-state index in [1.165, 1.54) is 0 Å². The fourth-order valence-electron chi connectivity index (χ4n) is 4.37. The molecule has 3 aromatic carbocycles. The van der Waals surface area contributed by atoms with Crippen molar-refractivity contribution in [1.82, 2.24) is 4.90 Å². The lowest BCUT2D eigenvalue weighted by atomic mass is 9.96. The van der Waals surface area contributed by atoms with Crippen molar-refractivity contribution in [2.75, 3.05) is 50.6 Å². The van der Waals surface area contributed by atoms with Gasteiger partial charge in [0.25, 0.3) is 0 Å². The lowest BCUT2D eigenvalue weighted by Gasteiger charge is -2.35. The standard InChI is InChI=1S/C24H26ClN3O5S/c1-26-10-12-27(13-11-26)18-15-21(23(28(29)30)22(16-18)33-14-9-25)24(34(31)32)20-8-4-6-17-5-2-3-7-19(17)20/h2-8,15-16,24H,9-14H2,1H3,(H,31,32)/p-1. The Hall–Kier alpha value is -2.72. The summed E-state index contributed by atoms with van der Waals surface area (Å²) < 4.78 is 31.0. The summed E-state index contributed by atoms with van der Waals surface area (Å²) in [5.74, 6) is 0.165. The second kappa shape index (κ2) is 10.7. The number of halogens is 1. The largest absolute Gasteiger partial charge is 0.772 e. The van der Waals surface area contributed by atoms with Crippen molar-refractivity contribution in [3.63, 3.8) is 0 Å². The van der Waals surface area contributed by atoms with Gasteiger partial charge in [0.15, 0.2) is 5.75 Å². The molecule has 0 bridgehead atoms. The quantitative estimate of drug-likeness (QED) is 0.198. The Kier molecular flexibility index (Phi) is 7.67. The molecule has 2 atom stereocenters. The zero-order valence-electron chi connectivity index (χ0n) is 18.7. The number of hydrogen-bond acceptors (Lipinski definition) is 7. The molecule has 8 nitrogen and oxygen atoms in total. The molecule has 1 fully saturated rings. The molecule has 1 heterocycles. The van der Waals surface area contributed by atoms with Crippen LogP contribution in [-0.2, 0) is 11.1 Å². The van der Waals surface area contributed by atoms with E-state index in [4.69, 9.17) is 16.3 Å². The molecular weight excluding hydrogens is 478 g/mol. The van der Waals surface area contributed by atoms with Gasteiger partial charge in [0.05, 0.1) is 21.6 Å². The van der Waals surface area contributed by atoms with Gasteiger partial charge in [-0.2, -0.15) is 0 Å². The number of anilines is 1. The van der Waals surface area contributed by atoms with E-state index < -0.39 is 21.3 Å². The number of benzene rings is 3. The van der Waals surface area contributed by atoms with Crippen LogP contribution in [0.5, 0.6) is 5.75 Å². The number of nitro groups is 1. The van der Waals surface area contributed by atoms with E-state index >= 15 is 0 Å². The molecule has 0 aliphatic carbocycles. The number of nitro benzene ring substituents is 1. The van der Waals surface area contributed by atoms with Crippen LogP contribution in [0.3, 0.4) is 0 Å². The van der Waals surface area contributed by atoms with Crippen molar-refractivity contribution in [2.24, 2.45) is 0 Å². The van der Waals surface area contributed by atoms with Gasteiger partial charge in [-0.1, -0.05) is 42.5 Å². The molecule has 0 N–H and O–H groups in total. The number of alkyl halides is 1. The van der Waals surface area contributed by atoms with Crippen LogP contribution in [0.25, 0.3) is 10.8 Å². The van der Waals surface area contributed by atoms with Gasteiger partial charge in [-0.25, -0.2) is 0 Å².